The van der Waals surface area contributed by atoms with E-state index < -0.39 is 0 Å². The summed E-state index contributed by atoms with van der Waals surface area (Å²) in [5.74, 6) is 0. The van der Waals surface area contributed by atoms with Crippen molar-refractivity contribution in [1.82, 2.24) is 10.2 Å². The minimum absolute atomic E-state index is 0.0954. The summed E-state index contributed by atoms with van der Waals surface area (Å²) < 4.78 is 5.99. The lowest BCUT2D eigenvalue weighted by molar-refractivity contribution is -0.0730. The van der Waals surface area contributed by atoms with Crippen molar-refractivity contribution in [1.29, 1.82) is 0 Å². The molecule has 1 saturated carbocycles. The smallest absolute Gasteiger partial charge is 0.0902 e. The molecule has 0 aromatic carbocycles. The molecule has 0 atom stereocenters. The van der Waals surface area contributed by atoms with Crippen LogP contribution < -0.4 is 5.32 Å². The minimum atomic E-state index is 0.0954. The largest absolute Gasteiger partial charge is 0.371 e. The number of nitrogens with zero attached hydrogens (tertiary/aromatic N) is 1. The molecular formula is C14H22N2OS. The molecule has 1 aliphatic heterocycles. The van der Waals surface area contributed by atoms with E-state index >= 15 is 0 Å². The van der Waals surface area contributed by atoms with Crippen molar-refractivity contribution >= 4 is 11.3 Å². The van der Waals surface area contributed by atoms with Crippen molar-refractivity contribution in [2.24, 2.45) is 0 Å². The van der Waals surface area contributed by atoms with Crippen molar-refractivity contribution in [3.05, 3.63) is 22.4 Å². The zero-order chi connectivity index (χ0) is 12.4. The molecule has 0 unspecified atom stereocenters. The lowest BCUT2D eigenvalue weighted by Crippen LogP contribution is -2.59. The summed E-state index contributed by atoms with van der Waals surface area (Å²) in [6.07, 6.45) is 2.73. The molecule has 1 aromatic heterocycles. The standard InChI is InChI=1S/C14H22N2OS/c1-14(10-15-11-14)17-7-6-16(12-4-5-12)9-13-3-2-8-18-13/h2-3,8,12,15H,4-7,9-11H2,1H3. The zero-order valence-corrected chi connectivity index (χ0v) is 11.8. The average molecular weight is 266 g/mol. The number of rotatable bonds is 7. The van der Waals surface area contributed by atoms with Crippen molar-refractivity contribution in [3.63, 3.8) is 0 Å². The number of hydrogen-bond donors (Lipinski definition) is 1. The van der Waals surface area contributed by atoms with Gasteiger partial charge in [-0.3, -0.25) is 4.90 Å². The van der Waals surface area contributed by atoms with Gasteiger partial charge in [-0.05, 0) is 31.2 Å². The third kappa shape index (κ3) is 3.12. The van der Waals surface area contributed by atoms with Gasteiger partial charge in [0.25, 0.3) is 0 Å². The molecule has 1 aromatic rings. The summed E-state index contributed by atoms with van der Waals surface area (Å²) in [6.45, 7) is 7.23. The van der Waals surface area contributed by atoms with Gasteiger partial charge in [-0.25, -0.2) is 0 Å². The third-order valence-corrected chi connectivity index (χ3v) is 4.69. The first kappa shape index (κ1) is 12.6. The summed E-state index contributed by atoms with van der Waals surface area (Å²) in [5, 5.41) is 5.44. The van der Waals surface area contributed by atoms with Crippen LogP contribution in [0, 0.1) is 0 Å². The van der Waals surface area contributed by atoms with Gasteiger partial charge < -0.3 is 10.1 Å². The summed E-state index contributed by atoms with van der Waals surface area (Å²) in [7, 11) is 0. The first-order valence-electron chi connectivity index (χ1n) is 6.86. The number of ether oxygens (including phenoxy) is 1. The molecule has 0 amide bonds. The Morgan fingerprint density at radius 1 is 1.50 bits per heavy atom. The van der Waals surface area contributed by atoms with E-state index in [1.165, 1.54) is 17.7 Å². The first-order chi connectivity index (χ1) is 8.75. The van der Waals surface area contributed by atoms with E-state index in [0.717, 1.165) is 38.8 Å². The molecule has 4 heteroatoms. The van der Waals surface area contributed by atoms with Crippen molar-refractivity contribution in [2.45, 2.75) is 38.0 Å². The van der Waals surface area contributed by atoms with Crippen LogP contribution in [-0.4, -0.2) is 42.8 Å². The lowest BCUT2D eigenvalue weighted by Gasteiger charge is -2.39. The monoisotopic (exact) mass is 266 g/mol. The van der Waals surface area contributed by atoms with Crippen molar-refractivity contribution < 1.29 is 4.74 Å². The molecule has 1 N–H and O–H groups in total. The summed E-state index contributed by atoms with van der Waals surface area (Å²) in [4.78, 5) is 4.06. The van der Waals surface area contributed by atoms with Gasteiger partial charge in [0.15, 0.2) is 0 Å². The van der Waals surface area contributed by atoms with E-state index in [4.69, 9.17) is 4.74 Å². The summed E-state index contributed by atoms with van der Waals surface area (Å²) >= 11 is 1.86. The van der Waals surface area contributed by atoms with Crippen LogP contribution in [0.1, 0.15) is 24.6 Å². The lowest BCUT2D eigenvalue weighted by atomic mass is 10.0. The first-order valence-corrected chi connectivity index (χ1v) is 7.74. The van der Waals surface area contributed by atoms with Gasteiger partial charge in [0.2, 0.25) is 0 Å². The second kappa shape index (κ2) is 5.29. The molecule has 1 aliphatic carbocycles. The normalized spacial score (nSPS) is 22.1. The Bertz CT molecular complexity index is 371. The summed E-state index contributed by atoms with van der Waals surface area (Å²) in [5.41, 5.74) is 0.0954. The van der Waals surface area contributed by atoms with Crippen molar-refractivity contribution in [3.8, 4) is 0 Å². The van der Waals surface area contributed by atoms with Crippen LogP contribution in [0.15, 0.2) is 17.5 Å². The maximum absolute atomic E-state index is 5.99. The van der Waals surface area contributed by atoms with Gasteiger partial charge in [0.05, 0.1) is 12.2 Å². The molecule has 100 valence electrons. The molecule has 3 rings (SSSR count). The third-order valence-electron chi connectivity index (χ3n) is 3.83. The van der Waals surface area contributed by atoms with Crippen LogP contribution in [0.25, 0.3) is 0 Å². The highest BCUT2D eigenvalue weighted by Gasteiger charge is 2.33. The van der Waals surface area contributed by atoms with Gasteiger partial charge in [-0.2, -0.15) is 0 Å². The second-order valence-corrected chi connectivity index (χ2v) is 6.72. The Morgan fingerprint density at radius 2 is 2.33 bits per heavy atom. The van der Waals surface area contributed by atoms with Crippen LogP contribution >= 0.6 is 11.3 Å². The van der Waals surface area contributed by atoms with E-state index in [0.29, 0.717) is 0 Å². The molecular weight excluding hydrogens is 244 g/mol. The number of hydrogen-bond acceptors (Lipinski definition) is 4. The maximum atomic E-state index is 5.99. The molecule has 0 radical (unpaired) electrons. The Labute approximate surface area is 113 Å². The van der Waals surface area contributed by atoms with Gasteiger partial charge in [0.1, 0.15) is 0 Å². The predicted octanol–water partition coefficient (Wildman–Crippen LogP) is 2.09. The second-order valence-electron chi connectivity index (χ2n) is 5.68. The van der Waals surface area contributed by atoms with E-state index in [2.05, 4.69) is 34.7 Å². The Kier molecular flexibility index (Phi) is 3.71. The van der Waals surface area contributed by atoms with Gasteiger partial charge in [-0.1, -0.05) is 6.07 Å². The molecule has 2 heterocycles. The number of nitrogens with one attached hydrogen (secondary N) is 1. The minimum Gasteiger partial charge on any atom is -0.371 e. The van der Waals surface area contributed by atoms with E-state index in [1.807, 2.05) is 11.3 Å². The van der Waals surface area contributed by atoms with E-state index in [-0.39, 0.29) is 5.60 Å². The van der Waals surface area contributed by atoms with Crippen LogP contribution in [-0.2, 0) is 11.3 Å². The highest BCUT2D eigenvalue weighted by molar-refractivity contribution is 7.09. The molecule has 0 spiro atoms. The average Bonchev–Trinajstić information content (AvgIpc) is 3.04. The Morgan fingerprint density at radius 3 is 2.89 bits per heavy atom. The van der Waals surface area contributed by atoms with E-state index in [1.54, 1.807) is 0 Å². The van der Waals surface area contributed by atoms with E-state index in [9.17, 15) is 0 Å². The molecule has 1 saturated heterocycles. The fraction of sp³-hybridized carbons (Fsp3) is 0.714. The Balaban J connectivity index is 1.45. The molecule has 0 bridgehead atoms. The zero-order valence-electron chi connectivity index (χ0n) is 11.0. The number of thiophene rings is 1. The van der Waals surface area contributed by atoms with Gasteiger partial charge in [-0.15, -0.1) is 11.3 Å². The topological polar surface area (TPSA) is 24.5 Å². The SMILES string of the molecule is CC1(OCCN(Cc2cccs2)C2CC2)CNC1. The molecule has 18 heavy (non-hydrogen) atoms. The van der Waals surface area contributed by atoms with Crippen LogP contribution in [0.4, 0.5) is 0 Å². The molecule has 2 fully saturated rings. The highest BCUT2D eigenvalue weighted by atomic mass is 32.1. The Hall–Kier alpha value is -0.420. The van der Waals surface area contributed by atoms with Gasteiger partial charge in [0, 0.05) is 37.1 Å². The van der Waals surface area contributed by atoms with Crippen molar-refractivity contribution in [2.75, 3.05) is 26.2 Å². The van der Waals surface area contributed by atoms with Crippen LogP contribution in [0.3, 0.4) is 0 Å². The fourth-order valence-electron chi connectivity index (χ4n) is 2.42. The predicted molar refractivity (Wildman–Crippen MR) is 75.0 cm³/mol. The van der Waals surface area contributed by atoms with Crippen LogP contribution in [0.2, 0.25) is 0 Å². The summed E-state index contributed by atoms with van der Waals surface area (Å²) in [6, 6.07) is 5.18. The molecule has 3 nitrogen and oxygen atoms in total. The van der Waals surface area contributed by atoms with Gasteiger partial charge >= 0.3 is 0 Å². The highest BCUT2D eigenvalue weighted by Crippen LogP contribution is 2.29. The van der Waals surface area contributed by atoms with Crippen LogP contribution in [0.5, 0.6) is 0 Å². The molecule has 2 aliphatic rings. The maximum Gasteiger partial charge on any atom is 0.0902 e. The fourth-order valence-corrected chi connectivity index (χ4v) is 3.15. The quantitative estimate of drug-likeness (QED) is 0.818.